The van der Waals surface area contributed by atoms with E-state index >= 15 is 0 Å². The third-order valence-corrected chi connectivity index (χ3v) is 3.77. The molecule has 1 aliphatic heterocycles. The fraction of sp³-hybridized carbons (Fsp3) is 0.294. The van der Waals surface area contributed by atoms with Gasteiger partial charge in [-0.1, -0.05) is 12.1 Å². The summed E-state index contributed by atoms with van der Waals surface area (Å²) in [5.41, 5.74) is 2.35. The number of benzene rings is 1. The van der Waals surface area contributed by atoms with Crippen LogP contribution in [0.25, 0.3) is 0 Å². The maximum atomic E-state index is 12.9. The number of nitrogens with one attached hydrogen (secondary N) is 2. The highest BCUT2D eigenvalue weighted by atomic mass is 19.1. The van der Waals surface area contributed by atoms with Crippen molar-refractivity contribution < 1.29 is 18.9 Å². The Morgan fingerprint density at radius 2 is 1.96 bits per heavy atom. The quantitative estimate of drug-likeness (QED) is 0.928. The summed E-state index contributed by atoms with van der Waals surface area (Å²) >= 11 is 0. The molecule has 5 nitrogen and oxygen atoms in total. The molecule has 0 atom stereocenters. The average Bonchev–Trinajstić information content (AvgIpc) is 2.62. The Bertz CT molecular complexity index is 670. The van der Waals surface area contributed by atoms with Crippen LogP contribution in [0.15, 0.2) is 42.6 Å². The van der Waals surface area contributed by atoms with E-state index in [1.54, 1.807) is 18.3 Å². The fourth-order valence-corrected chi connectivity index (χ4v) is 2.48. The van der Waals surface area contributed by atoms with E-state index in [0.717, 1.165) is 24.3 Å². The molecule has 1 amide bonds. The molecule has 1 fully saturated rings. The van der Waals surface area contributed by atoms with E-state index in [9.17, 15) is 9.18 Å². The van der Waals surface area contributed by atoms with E-state index in [0.29, 0.717) is 25.5 Å². The van der Waals surface area contributed by atoms with Crippen molar-refractivity contribution in [3.05, 3.63) is 59.7 Å². The smallest absolute Gasteiger partial charge is 0.316 e. The summed E-state index contributed by atoms with van der Waals surface area (Å²) in [6.07, 6.45) is 1.76. The zero-order valence-corrected chi connectivity index (χ0v) is 12.7. The highest BCUT2D eigenvalue weighted by molar-refractivity contribution is 5.91. The van der Waals surface area contributed by atoms with Crippen LogP contribution < -0.4 is 15.2 Å². The van der Waals surface area contributed by atoms with Crippen LogP contribution in [0, 0.1) is 5.82 Å². The second-order valence-electron chi connectivity index (χ2n) is 5.37. The predicted octanol–water partition coefficient (Wildman–Crippen LogP) is 1.41. The van der Waals surface area contributed by atoms with Crippen LogP contribution in [0.1, 0.15) is 16.1 Å². The minimum Gasteiger partial charge on any atom is -0.378 e. The van der Waals surface area contributed by atoms with Gasteiger partial charge in [0.1, 0.15) is 5.82 Å². The van der Waals surface area contributed by atoms with Crippen molar-refractivity contribution in [2.45, 2.75) is 6.54 Å². The minimum atomic E-state index is -0.286. The number of halogens is 1. The van der Waals surface area contributed by atoms with Crippen molar-refractivity contribution >= 4 is 11.6 Å². The first-order valence-electron chi connectivity index (χ1n) is 7.59. The lowest BCUT2D eigenvalue weighted by molar-refractivity contribution is -0.382. The Balaban J connectivity index is 1.63. The molecule has 23 heavy (non-hydrogen) atoms. The molecule has 0 aliphatic carbocycles. The van der Waals surface area contributed by atoms with Crippen LogP contribution in [0.2, 0.25) is 0 Å². The molecule has 0 unspecified atom stereocenters. The molecule has 0 bridgehead atoms. The summed E-state index contributed by atoms with van der Waals surface area (Å²) in [4.78, 5) is 17.4. The molecular weight excluding hydrogens is 297 g/mol. The Hall–Kier alpha value is -2.47. The lowest BCUT2D eigenvalue weighted by atomic mass is 10.2. The van der Waals surface area contributed by atoms with Crippen molar-refractivity contribution in [1.82, 2.24) is 5.32 Å². The Morgan fingerprint density at radius 3 is 2.70 bits per heavy atom. The number of H-pyrrole nitrogens is 1. The number of amides is 1. The number of carbonyl (C=O) groups excluding carboxylic acids is 1. The van der Waals surface area contributed by atoms with E-state index in [-0.39, 0.29) is 11.7 Å². The van der Waals surface area contributed by atoms with Crippen molar-refractivity contribution in [3.63, 3.8) is 0 Å². The number of hydrogen-bond acceptors (Lipinski definition) is 3. The van der Waals surface area contributed by atoms with Gasteiger partial charge in [-0.3, -0.25) is 4.79 Å². The van der Waals surface area contributed by atoms with Gasteiger partial charge in [0, 0.05) is 37.5 Å². The molecule has 1 saturated heterocycles. The van der Waals surface area contributed by atoms with Crippen LogP contribution in [0.5, 0.6) is 0 Å². The number of aromatic amines is 1. The molecule has 0 spiro atoms. The van der Waals surface area contributed by atoms with Crippen molar-refractivity contribution in [2.75, 3.05) is 31.2 Å². The molecule has 1 aromatic carbocycles. The zero-order valence-electron chi connectivity index (χ0n) is 12.7. The maximum Gasteiger partial charge on any atom is 0.316 e. The third kappa shape index (κ3) is 4.04. The zero-order chi connectivity index (χ0) is 16.1. The summed E-state index contributed by atoms with van der Waals surface area (Å²) in [6, 6.07) is 9.86. The standard InChI is InChI=1S/C17H18FN3O2/c18-14-3-1-13(2-4-14)12-20-17(22)16-11-15(5-6-19-16)21-7-9-23-10-8-21/h1-6,11H,7-10,12H2,(H,20,22)/p+1. The average molecular weight is 316 g/mol. The van der Waals surface area contributed by atoms with Gasteiger partial charge in [0.05, 0.1) is 13.2 Å². The van der Waals surface area contributed by atoms with Gasteiger partial charge >= 0.3 is 5.91 Å². The van der Waals surface area contributed by atoms with E-state index in [4.69, 9.17) is 4.74 Å². The Labute approximate surface area is 134 Å². The van der Waals surface area contributed by atoms with Crippen molar-refractivity contribution in [3.8, 4) is 0 Å². The molecule has 1 aliphatic rings. The first kappa shape index (κ1) is 15.4. The number of hydrogen-bond donors (Lipinski definition) is 1. The van der Waals surface area contributed by atoms with Gasteiger partial charge in [-0.05, 0) is 17.7 Å². The normalized spacial score (nSPS) is 14.6. The molecule has 0 radical (unpaired) electrons. The number of nitrogens with zero attached hydrogens (tertiary/aromatic N) is 1. The Kier molecular flexibility index (Phi) is 4.83. The minimum absolute atomic E-state index is 0.190. The lowest BCUT2D eigenvalue weighted by Gasteiger charge is -2.28. The summed E-state index contributed by atoms with van der Waals surface area (Å²) in [6.45, 7) is 3.39. The maximum absolute atomic E-state index is 12.9. The number of aromatic nitrogens is 1. The molecule has 3 rings (SSSR count). The van der Waals surface area contributed by atoms with Gasteiger partial charge in [0.25, 0.3) is 5.69 Å². The SMILES string of the molecule is O=C(NCc1ccc(F)cc1)c1cc(N2CCOCC2)cc[nH+]1. The van der Waals surface area contributed by atoms with E-state index in [1.165, 1.54) is 12.1 Å². The second kappa shape index (κ2) is 7.19. The molecule has 1 aromatic heterocycles. The number of ether oxygens (including phenoxy) is 1. The van der Waals surface area contributed by atoms with E-state index in [1.807, 2.05) is 12.1 Å². The summed E-state index contributed by atoms with van der Waals surface area (Å²) < 4.78 is 18.2. The van der Waals surface area contributed by atoms with E-state index in [2.05, 4.69) is 15.2 Å². The molecular formula is C17H19FN3O2+. The molecule has 120 valence electrons. The first-order valence-corrected chi connectivity index (χ1v) is 7.59. The van der Waals surface area contributed by atoms with Gasteiger partial charge < -0.3 is 15.0 Å². The number of pyridine rings is 1. The first-order chi connectivity index (χ1) is 11.2. The summed E-state index contributed by atoms with van der Waals surface area (Å²) in [5, 5.41) is 2.83. The number of carbonyl (C=O) groups is 1. The monoisotopic (exact) mass is 316 g/mol. The largest absolute Gasteiger partial charge is 0.378 e. The van der Waals surface area contributed by atoms with Crippen molar-refractivity contribution in [2.24, 2.45) is 0 Å². The summed E-state index contributed by atoms with van der Waals surface area (Å²) in [5.74, 6) is -0.476. The molecule has 6 heteroatoms. The van der Waals surface area contributed by atoms with Crippen LogP contribution in [0.3, 0.4) is 0 Å². The Morgan fingerprint density at radius 1 is 1.22 bits per heavy atom. The van der Waals surface area contributed by atoms with Gasteiger partial charge in [-0.2, -0.15) is 0 Å². The van der Waals surface area contributed by atoms with Gasteiger partial charge in [-0.15, -0.1) is 0 Å². The van der Waals surface area contributed by atoms with Gasteiger partial charge in [0.2, 0.25) is 0 Å². The number of morpholine rings is 1. The molecule has 0 saturated carbocycles. The third-order valence-electron chi connectivity index (χ3n) is 3.77. The van der Waals surface area contributed by atoms with Gasteiger partial charge in [0.15, 0.2) is 6.20 Å². The van der Waals surface area contributed by atoms with Crippen LogP contribution in [-0.2, 0) is 11.3 Å². The molecule has 2 N–H and O–H groups in total. The highest BCUT2D eigenvalue weighted by Gasteiger charge is 2.17. The van der Waals surface area contributed by atoms with Crippen LogP contribution in [-0.4, -0.2) is 32.2 Å². The van der Waals surface area contributed by atoms with Crippen molar-refractivity contribution in [1.29, 1.82) is 0 Å². The summed E-state index contributed by atoms with van der Waals surface area (Å²) in [7, 11) is 0. The van der Waals surface area contributed by atoms with Gasteiger partial charge in [-0.25, -0.2) is 9.37 Å². The molecule has 2 aromatic rings. The highest BCUT2D eigenvalue weighted by Crippen LogP contribution is 2.14. The van der Waals surface area contributed by atoms with Crippen LogP contribution >= 0.6 is 0 Å². The van der Waals surface area contributed by atoms with E-state index < -0.39 is 0 Å². The lowest BCUT2D eigenvalue weighted by Crippen LogP contribution is -2.37. The van der Waals surface area contributed by atoms with Crippen LogP contribution in [0.4, 0.5) is 10.1 Å². The number of anilines is 1. The molecule has 2 heterocycles. The predicted molar refractivity (Wildman–Crippen MR) is 83.6 cm³/mol. The second-order valence-corrected chi connectivity index (χ2v) is 5.37. The fourth-order valence-electron chi connectivity index (χ4n) is 2.48. The number of rotatable bonds is 4. The topological polar surface area (TPSA) is 55.7 Å².